The number of carbonyl (C=O) groups is 1. The van der Waals surface area contributed by atoms with Gasteiger partial charge in [-0.1, -0.05) is 52.7 Å². The first kappa shape index (κ1) is 40.0. The molecule has 12 heteroatoms. The molecule has 17 atom stereocenters. The summed E-state index contributed by atoms with van der Waals surface area (Å²) in [4.78, 5) is 13.0. The molecule has 2 aliphatic heterocycles. The fourth-order valence-electron chi connectivity index (χ4n) is 13.2. The van der Waals surface area contributed by atoms with E-state index >= 15 is 0 Å². The van der Waals surface area contributed by atoms with Gasteiger partial charge in [0.25, 0.3) is 0 Å². The van der Waals surface area contributed by atoms with Crippen LogP contribution in [0.5, 0.6) is 0 Å². The standard InChI is InChI=1S/C41H66O12/c1-20-28(43)31(46)33(53-34-32(47)30(45)29(44)24(19-42)51-34)35(50-20)52-27-12-14-40(7)25(38(27,4)5)11-13-39(6)22-10-15-41(36(48)49)17-16-37(2,3)18-23(41)21(22)8-9-26(39)40/h20,23-35,42-47H,8-19H2,1-7H3,(H,48,49). The highest BCUT2D eigenvalue weighted by Crippen LogP contribution is 2.72. The molecule has 0 amide bonds. The Kier molecular flexibility index (Phi) is 10.4. The molecule has 7 N–H and O–H groups in total. The van der Waals surface area contributed by atoms with E-state index in [2.05, 4.69) is 41.5 Å². The van der Waals surface area contributed by atoms with Crippen LogP contribution in [0.15, 0.2) is 11.1 Å². The Morgan fingerprint density at radius 1 is 0.755 bits per heavy atom. The van der Waals surface area contributed by atoms with Gasteiger partial charge in [0.2, 0.25) is 0 Å². The molecule has 302 valence electrons. The molecule has 0 aromatic heterocycles. The molecule has 53 heavy (non-hydrogen) atoms. The zero-order valence-electron chi connectivity index (χ0n) is 32.7. The Balaban J connectivity index is 1.12. The van der Waals surface area contributed by atoms with Crippen molar-refractivity contribution in [2.24, 2.45) is 44.8 Å². The lowest BCUT2D eigenvalue weighted by Gasteiger charge is -2.67. The smallest absolute Gasteiger partial charge is 0.310 e. The summed E-state index contributed by atoms with van der Waals surface area (Å²) in [6.07, 6.45) is -4.00. The van der Waals surface area contributed by atoms with Crippen LogP contribution in [-0.4, -0.2) is 116 Å². The number of aliphatic hydroxyl groups excluding tert-OH is 6. The molecule has 17 unspecified atom stereocenters. The van der Waals surface area contributed by atoms with E-state index in [1.807, 2.05) is 0 Å². The monoisotopic (exact) mass is 750 g/mol. The number of allylic oxidation sites excluding steroid dienone is 2. The van der Waals surface area contributed by atoms with Crippen molar-refractivity contribution in [3.8, 4) is 0 Å². The quantitative estimate of drug-likeness (QED) is 0.154. The second-order valence-electron chi connectivity index (χ2n) is 20.0. The lowest BCUT2D eigenvalue weighted by molar-refractivity contribution is -0.375. The number of hydrogen-bond donors (Lipinski definition) is 7. The van der Waals surface area contributed by atoms with Gasteiger partial charge in [-0.15, -0.1) is 0 Å². The van der Waals surface area contributed by atoms with E-state index < -0.39 is 79.4 Å². The van der Waals surface area contributed by atoms with Crippen LogP contribution in [0.3, 0.4) is 0 Å². The summed E-state index contributed by atoms with van der Waals surface area (Å²) < 4.78 is 24.6. The molecule has 0 aromatic carbocycles. The molecule has 3 saturated carbocycles. The van der Waals surface area contributed by atoms with Gasteiger partial charge in [-0.2, -0.15) is 0 Å². The van der Waals surface area contributed by atoms with Crippen LogP contribution in [0.25, 0.3) is 0 Å². The van der Waals surface area contributed by atoms with Crippen molar-refractivity contribution in [2.75, 3.05) is 6.61 Å². The molecule has 7 rings (SSSR count). The zero-order chi connectivity index (χ0) is 38.6. The number of fused-ring (bicyclic) bond motifs is 6. The third-order valence-electron chi connectivity index (χ3n) is 16.3. The zero-order valence-corrected chi connectivity index (χ0v) is 32.7. The van der Waals surface area contributed by atoms with E-state index in [1.165, 1.54) is 5.57 Å². The van der Waals surface area contributed by atoms with Crippen molar-refractivity contribution < 1.29 is 59.5 Å². The van der Waals surface area contributed by atoms with Gasteiger partial charge < -0.3 is 54.7 Å². The molecular formula is C41H66O12. The van der Waals surface area contributed by atoms with E-state index in [9.17, 15) is 40.5 Å². The predicted octanol–water partition coefficient (Wildman–Crippen LogP) is 3.66. The Labute approximate surface area is 314 Å². The van der Waals surface area contributed by atoms with Crippen LogP contribution >= 0.6 is 0 Å². The van der Waals surface area contributed by atoms with Gasteiger partial charge >= 0.3 is 5.97 Å². The number of carboxylic acid groups (broad SMARTS) is 1. The largest absolute Gasteiger partial charge is 0.481 e. The second-order valence-corrected chi connectivity index (χ2v) is 20.0. The number of aliphatic carboxylic acids is 1. The van der Waals surface area contributed by atoms with E-state index in [1.54, 1.807) is 12.5 Å². The average molecular weight is 751 g/mol. The van der Waals surface area contributed by atoms with E-state index in [0.29, 0.717) is 11.8 Å². The fourth-order valence-corrected chi connectivity index (χ4v) is 13.2. The van der Waals surface area contributed by atoms with Gasteiger partial charge in [0.05, 0.1) is 24.2 Å². The van der Waals surface area contributed by atoms with Crippen molar-refractivity contribution in [2.45, 2.75) is 187 Å². The molecule has 2 heterocycles. The minimum Gasteiger partial charge on any atom is -0.481 e. The van der Waals surface area contributed by atoms with E-state index in [4.69, 9.17) is 18.9 Å². The van der Waals surface area contributed by atoms with Crippen molar-refractivity contribution in [1.29, 1.82) is 0 Å². The van der Waals surface area contributed by atoms with Crippen molar-refractivity contribution >= 4 is 5.97 Å². The summed E-state index contributed by atoms with van der Waals surface area (Å²) in [5, 5.41) is 73.8. The van der Waals surface area contributed by atoms with Crippen LogP contribution in [0.2, 0.25) is 0 Å². The van der Waals surface area contributed by atoms with Crippen molar-refractivity contribution in [1.82, 2.24) is 0 Å². The lowest BCUT2D eigenvalue weighted by Crippen LogP contribution is -2.65. The van der Waals surface area contributed by atoms with Crippen LogP contribution in [0.1, 0.15) is 119 Å². The molecule has 12 nitrogen and oxygen atoms in total. The predicted molar refractivity (Wildman–Crippen MR) is 192 cm³/mol. The fraction of sp³-hybridized carbons (Fsp3) is 0.927. The van der Waals surface area contributed by atoms with Crippen molar-refractivity contribution in [3.63, 3.8) is 0 Å². The highest BCUT2D eigenvalue weighted by atomic mass is 16.8. The minimum absolute atomic E-state index is 0.0152. The maximum Gasteiger partial charge on any atom is 0.310 e. The van der Waals surface area contributed by atoms with E-state index in [0.717, 1.165) is 70.6 Å². The summed E-state index contributed by atoms with van der Waals surface area (Å²) in [7, 11) is 0. The van der Waals surface area contributed by atoms with Crippen molar-refractivity contribution in [3.05, 3.63) is 11.1 Å². The molecule has 7 aliphatic rings. The number of rotatable bonds is 6. The van der Waals surface area contributed by atoms with Crippen LogP contribution in [0, 0.1) is 44.8 Å². The molecule has 2 saturated heterocycles. The second kappa shape index (κ2) is 13.7. The number of carboxylic acids is 1. The van der Waals surface area contributed by atoms with Gasteiger partial charge in [-0.05, 0) is 117 Å². The van der Waals surface area contributed by atoms with Crippen LogP contribution in [0.4, 0.5) is 0 Å². The normalized spacial score (nSPS) is 52.1. The number of hydrogen-bond acceptors (Lipinski definition) is 11. The van der Waals surface area contributed by atoms with Gasteiger partial charge in [0, 0.05) is 0 Å². The Bertz CT molecular complexity index is 1430. The summed E-state index contributed by atoms with van der Waals surface area (Å²) >= 11 is 0. The molecule has 5 fully saturated rings. The lowest BCUT2D eigenvalue weighted by atomic mass is 9.38. The highest BCUT2D eigenvalue weighted by Gasteiger charge is 2.65. The summed E-state index contributed by atoms with van der Waals surface area (Å²) in [5.41, 5.74) is 2.25. The minimum atomic E-state index is -1.69. The number of ether oxygens (including phenoxy) is 4. The molecule has 0 radical (unpaired) electrons. The van der Waals surface area contributed by atoms with Gasteiger partial charge in [0.15, 0.2) is 12.6 Å². The Morgan fingerprint density at radius 2 is 1.47 bits per heavy atom. The molecule has 0 spiro atoms. The van der Waals surface area contributed by atoms with Crippen LogP contribution in [-0.2, 0) is 23.7 Å². The SMILES string of the molecule is CC1OC(OC2CCC3(C)C4CCC5=C(CCC6(C(=O)O)CCC(C)(C)CC56)C4(C)CCC3C2(C)C)C(OC2OC(CO)C(O)C(O)C2O)C(O)C1O. The molecule has 0 aromatic rings. The summed E-state index contributed by atoms with van der Waals surface area (Å²) in [6, 6.07) is 0. The van der Waals surface area contributed by atoms with Crippen LogP contribution < -0.4 is 0 Å². The molecule has 0 bridgehead atoms. The first-order valence-corrected chi connectivity index (χ1v) is 20.3. The maximum atomic E-state index is 13.0. The average Bonchev–Trinajstić information content (AvgIpc) is 3.09. The first-order valence-electron chi connectivity index (χ1n) is 20.3. The molecular weight excluding hydrogens is 684 g/mol. The van der Waals surface area contributed by atoms with Gasteiger partial charge in [-0.25, -0.2) is 0 Å². The summed E-state index contributed by atoms with van der Waals surface area (Å²) in [5.74, 6) is 0.269. The first-order chi connectivity index (χ1) is 24.7. The van der Waals surface area contributed by atoms with E-state index in [-0.39, 0.29) is 33.7 Å². The maximum absolute atomic E-state index is 13.0. The third-order valence-corrected chi connectivity index (χ3v) is 16.3. The Hall–Kier alpha value is -1.19. The van der Waals surface area contributed by atoms with Gasteiger partial charge in [-0.3, -0.25) is 4.79 Å². The number of aliphatic hydroxyl groups is 6. The third kappa shape index (κ3) is 6.19. The Morgan fingerprint density at radius 3 is 2.15 bits per heavy atom. The summed E-state index contributed by atoms with van der Waals surface area (Å²) in [6.45, 7) is 15.1. The van der Waals surface area contributed by atoms with Gasteiger partial charge in [0.1, 0.15) is 42.7 Å². The molecule has 5 aliphatic carbocycles. The topological polar surface area (TPSA) is 196 Å². The highest BCUT2D eigenvalue weighted by molar-refractivity contribution is 5.76.